The van der Waals surface area contributed by atoms with Gasteiger partial charge in [-0.15, -0.1) is 0 Å². The average molecular weight is 335 g/mol. The lowest BCUT2D eigenvalue weighted by Crippen LogP contribution is -2.27. The molecule has 0 saturated heterocycles. The number of amides is 1. The van der Waals surface area contributed by atoms with E-state index in [9.17, 15) is 4.79 Å². The van der Waals surface area contributed by atoms with Gasteiger partial charge in [-0.1, -0.05) is 37.3 Å². The summed E-state index contributed by atoms with van der Waals surface area (Å²) in [6.07, 6.45) is 4.38. The molecule has 1 heterocycles. The van der Waals surface area contributed by atoms with Crippen LogP contribution < -0.4 is 10.6 Å². The minimum absolute atomic E-state index is 0.0810. The van der Waals surface area contributed by atoms with Crippen LogP contribution in [0.3, 0.4) is 0 Å². The van der Waals surface area contributed by atoms with Gasteiger partial charge in [0.15, 0.2) is 0 Å². The number of carbonyl (C=O) groups is 1. The Hall–Kier alpha value is -2.75. The topological polar surface area (TPSA) is 56.9 Å². The van der Waals surface area contributed by atoms with Crippen LogP contribution >= 0.6 is 0 Å². The number of aromatic amines is 1. The summed E-state index contributed by atoms with van der Waals surface area (Å²) >= 11 is 0. The van der Waals surface area contributed by atoms with Gasteiger partial charge in [0.25, 0.3) is 0 Å². The van der Waals surface area contributed by atoms with Crippen LogP contribution in [0.25, 0.3) is 10.9 Å². The fourth-order valence-corrected chi connectivity index (χ4v) is 2.94. The zero-order chi connectivity index (χ0) is 17.5. The van der Waals surface area contributed by atoms with Crippen molar-refractivity contribution in [3.05, 3.63) is 65.9 Å². The number of anilines is 1. The van der Waals surface area contributed by atoms with Gasteiger partial charge in [0.1, 0.15) is 0 Å². The second-order valence-corrected chi connectivity index (χ2v) is 6.19. The summed E-state index contributed by atoms with van der Waals surface area (Å²) in [5, 5.41) is 7.52. The maximum Gasteiger partial charge on any atom is 0.221 e. The Kier molecular flexibility index (Phi) is 5.73. The van der Waals surface area contributed by atoms with E-state index in [1.165, 1.54) is 16.5 Å². The smallest absolute Gasteiger partial charge is 0.221 e. The number of benzene rings is 2. The first-order valence-electron chi connectivity index (χ1n) is 8.91. The zero-order valence-corrected chi connectivity index (χ0v) is 14.6. The van der Waals surface area contributed by atoms with E-state index in [1.54, 1.807) is 0 Å². The normalized spacial score (nSPS) is 10.8. The summed E-state index contributed by atoms with van der Waals surface area (Å²) in [6.45, 7) is 3.44. The fraction of sp³-hybridized carbons (Fsp3) is 0.286. The van der Waals surface area contributed by atoms with Gasteiger partial charge in [-0.3, -0.25) is 4.79 Å². The van der Waals surface area contributed by atoms with Crippen LogP contribution in [0.4, 0.5) is 5.69 Å². The molecule has 3 N–H and O–H groups in total. The molecule has 3 aromatic rings. The van der Waals surface area contributed by atoms with Gasteiger partial charge in [-0.2, -0.15) is 0 Å². The summed E-state index contributed by atoms with van der Waals surface area (Å²) in [7, 11) is 0. The van der Waals surface area contributed by atoms with Gasteiger partial charge < -0.3 is 15.6 Å². The van der Waals surface area contributed by atoms with Crippen molar-refractivity contribution in [2.45, 2.75) is 26.2 Å². The number of para-hydroxylation sites is 1. The van der Waals surface area contributed by atoms with Crippen molar-refractivity contribution >= 4 is 22.5 Å². The largest absolute Gasteiger partial charge is 0.385 e. The Morgan fingerprint density at radius 2 is 1.84 bits per heavy atom. The van der Waals surface area contributed by atoms with E-state index in [2.05, 4.69) is 58.9 Å². The number of hydrogen-bond acceptors (Lipinski definition) is 2. The average Bonchev–Trinajstić information content (AvgIpc) is 3.06. The number of rotatable bonds is 8. The highest BCUT2D eigenvalue weighted by atomic mass is 16.1. The molecule has 4 heteroatoms. The minimum atomic E-state index is 0.0810. The van der Waals surface area contributed by atoms with E-state index < -0.39 is 0 Å². The molecular formula is C21H25N3O. The second-order valence-electron chi connectivity index (χ2n) is 6.19. The van der Waals surface area contributed by atoms with Crippen LogP contribution in [0.1, 0.15) is 24.5 Å². The highest BCUT2D eigenvalue weighted by Crippen LogP contribution is 2.17. The van der Waals surface area contributed by atoms with Crippen LogP contribution in [-0.4, -0.2) is 24.0 Å². The molecular weight excluding hydrogens is 310 g/mol. The monoisotopic (exact) mass is 335 g/mol. The molecule has 1 aromatic heterocycles. The van der Waals surface area contributed by atoms with Gasteiger partial charge in [0.05, 0.1) is 0 Å². The van der Waals surface area contributed by atoms with Crippen molar-refractivity contribution in [1.29, 1.82) is 0 Å². The van der Waals surface area contributed by atoms with Gasteiger partial charge in [-0.25, -0.2) is 0 Å². The first-order valence-corrected chi connectivity index (χ1v) is 8.91. The van der Waals surface area contributed by atoms with E-state index in [-0.39, 0.29) is 5.91 Å². The predicted molar refractivity (Wildman–Crippen MR) is 104 cm³/mol. The summed E-state index contributed by atoms with van der Waals surface area (Å²) in [5.74, 6) is 0.0810. The van der Waals surface area contributed by atoms with E-state index in [0.717, 1.165) is 24.0 Å². The minimum Gasteiger partial charge on any atom is -0.385 e. The Balaban J connectivity index is 1.38. The second kappa shape index (κ2) is 8.38. The fourth-order valence-electron chi connectivity index (χ4n) is 2.94. The molecule has 1 amide bonds. The third kappa shape index (κ3) is 4.63. The number of nitrogens with one attached hydrogen (secondary N) is 3. The molecule has 0 fully saturated rings. The third-order valence-electron chi connectivity index (χ3n) is 4.43. The lowest BCUT2D eigenvalue weighted by Gasteiger charge is -2.08. The van der Waals surface area contributed by atoms with Crippen molar-refractivity contribution in [3.63, 3.8) is 0 Å². The van der Waals surface area contributed by atoms with E-state index in [0.29, 0.717) is 19.5 Å². The number of carbonyl (C=O) groups excluding carboxylic acids is 1. The maximum absolute atomic E-state index is 12.0. The molecule has 0 atom stereocenters. The molecule has 0 aliphatic heterocycles. The Morgan fingerprint density at radius 1 is 1.04 bits per heavy atom. The predicted octanol–water partition coefficient (Wildman–Crippen LogP) is 3.89. The van der Waals surface area contributed by atoms with E-state index in [1.807, 2.05) is 18.3 Å². The first-order chi connectivity index (χ1) is 12.3. The van der Waals surface area contributed by atoms with Crippen molar-refractivity contribution < 1.29 is 4.79 Å². The van der Waals surface area contributed by atoms with Gasteiger partial charge >= 0.3 is 0 Å². The molecule has 0 saturated carbocycles. The van der Waals surface area contributed by atoms with Crippen LogP contribution in [0, 0.1) is 0 Å². The summed E-state index contributed by atoms with van der Waals surface area (Å²) in [4.78, 5) is 15.2. The summed E-state index contributed by atoms with van der Waals surface area (Å²) in [6, 6.07) is 16.6. The van der Waals surface area contributed by atoms with E-state index >= 15 is 0 Å². The Bertz CT molecular complexity index is 821. The molecule has 4 nitrogen and oxygen atoms in total. The number of H-pyrrole nitrogens is 1. The lowest BCUT2D eigenvalue weighted by molar-refractivity contribution is -0.120. The first kappa shape index (κ1) is 17.1. The lowest BCUT2D eigenvalue weighted by atomic mass is 10.1. The molecule has 0 bridgehead atoms. The van der Waals surface area contributed by atoms with Crippen molar-refractivity contribution in [2.24, 2.45) is 0 Å². The maximum atomic E-state index is 12.0. The Morgan fingerprint density at radius 3 is 2.64 bits per heavy atom. The highest BCUT2D eigenvalue weighted by Gasteiger charge is 2.04. The number of hydrogen-bond donors (Lipinski definition) is 3. The number of aromatic nitrogens is 1. The number of aryl methyl sites for hydroxylation is 1. The number of fused-ring (bicyclic) bond motifs is 1. The molecule has 3 rings (SSSR count). The van der Waals surface area contributed by atoms with Crippen molar-refractivity contribution in [3.8, 4) is 0 Å². The molecule has 130 valence electrons. The summed E-state index contributed by atoms with van der Waals surface area (Å²) in [5.41, 5.74) is 4.76. The highest BCUT2D eigenvalue weighted by molar-refractivity contribution is 5.83. The molecule has 0 aliphatic rings. The zero-order valence-electron chi connectivity index (χ0n) is 14.6. The van der Waals surface area contributed by atoms with Gasteiger partial charge in [-0.05, 0) is 42.2 Å². The Labute approximate surface area is 148 Å². The van der Waals surface area contributed by atoms with Crippen molar-refractivity contribution in [2.75, 3.05) is 18.4 Å². The molecule has 2 aromatic carbocycles. The molecule has 0 spiro atoms. The van der Waals surface area contributed by atoms with E-state index in [4.69, 9.17) is 0 Å². The quantitative estimate of drug-likeness (QED) is 0.585. The summed E-state index contributed by atoms with van der Waals surface area (Å²) < 4.78 is 0. The standard InChI is InChI=1S/C21H25N3O/c1-2-16-7-9-18(10-8-16)22-14-12-21(25)23-13-11-17-15-24-20-6-4-3-5-19(17)20/h3-10,15,22,24H,2,11-14H2,1H3,(H,23,25). The van der Waals surface area contributed by atoms with Gasteiger partial charge in [0, 0.05) is 42.3 Å². The SMILES string of the molecule is CCc1ccc(NCCC(=O)NCCc2c[nH]c3ccccc23)cc1. The molecule has 0 aliphatic carbocycles. The molecule has 0 radical (unpaired) electrons. The molecule has 25 heavy (non-hydrogen) atoms. The van der Waals surface area contributed by atoms with Crippen LogP contribution in [0.2, 0.25) is 0 Å². The van der Waals surface area contributed by atoms with Crippen LogP contribution in [0.5, 0.6) is 0 Å². The molecule has 0 unspecified atom stereocenters. The van der Waals surface area contributed by atoms with Crippen LogP contribution in [-0.2, 0) is 17.6 Å². The van der Waals surface area contributed by atoms with Gasteiger partial charge in [0.2, 0.25) is 5.91 Å². The third-order valence-corrected chi connectivity index (χ3v) is 4.43. The van der Waals surface area contributed by atoms with Crippen molar-refractivity contribution in [1.82, 2.24) is 10.3 Å². The van der Waals surface area contributed by atoms with Crippen LogP contribution in [0.15, 0.2) is 54.7 Å².